The molecular weight excluding hydrogens is 346 g/mol. The molecule has 0 aliphatic rings. The first-order valence-corrected chi connectivity index (χ1v) is 9.25. The number of carbonyl (C=O) groups is 1. The van der Waals surface area contributed by atoms with E-state index in [9.17, 15) is 4.79 Å². The second kappa shape index (κ2) is 7.45. The predicted molar refractivity (Wildman–Crippen MR) is 102 cm³/mol. The average molecular weight is 363 g/mol. The number of carbonyl (C=O) groups excluding carboxylic acids is 1. The number of fused-ring (bicyclic) bond motifs is 1. The Labute approximate surface area is 154 Å². The highest BCUT2D eigenvalue weighted by Crippen LogP contribution is 2.25. The Balaban J connectivity index is 1.45. The van der Waals surface area contributed by atoms with Gasteiger partial charge in [-0.3, -0.25) is 9.78 Å². The van der Waals surface area contributed by atoms with Crippen LogP contribution in [0.1, 0.15) is 22.3 Å². The first-order chi connectivity index (χ1) is 12.8. The summed E-state index contributed by atoms with van der Waals surface area (Å²) in [6.45, 7) is 0.597. The molecule has 4 rings (SSSR count). The molecule has 4 aromatic heterocycles. The van der Waals surface area contributed by atoms with Crippen LogP contribution in [0.15, 0.2) is 54.3 Å². The molecule has 0 unspecified atom stereocenters. The highest BCUT2D eigenvalue weighted by Gasteiger charge is 2.15. The lowest BCUT2D eigenvalue weighted by molar-refractivity contribution is 0.0954. The number of amides is 1. The van der Waals surface area contributed by atoms with Crippen LogP contribution in [0.25, 0.3) is 21.9 Å². The fourth-order valence-corrected chi connectivity index (χ4v) is 3.43. The van der Waals surface area contributed by atoms with E-state index in [0.717, 1.165) is 23.5 Å². The van der Waals surface area contributed by atoms with Crippen molar-refractivity contribution in [1.29, 1.82) is 0 Å². The van der Waals surface area contributed by atoms with Crippen molar-refractivity contribution < 1.29 is 4.79 Å². The zero-order valence-electron chi connectivity index (χ0n) is 14.0. The maximum atomic E-state index is 12.6. The quantitative estimate of drug-likeness (QED) is 0.514. The zero-order valence-corrected chi connectivity index (χ0v) is 14.8. The smallest absolute Gasteiger partial charge is 0.253 e. The third-order valence-corrected chi connectivity index (χ3v) is 4.91. The van der Waals surface area contributed by atoms with Gasteiger partial charge >= 0.3 is 0 Å². The average Bonchev–Trinajstić information content (AvgIpc) is 3.34. The van der Waals surface area contributed by atoms with Gasteiger partial charge in [0.2, 0.25) is 0 Å². The molecule has 130 valence electrons. The van der Waals surface area contributed by atoms with Crippen LogP contribution < -0.4 is 5.32 Å². The third kappa shape index (κ3) is 3.48. The molecule has 0 saturated heterocycles. The Morgan fingerprint density at radius 1 is 1.19 bits per heavy atom. The van der Waals surface area contributed by atoms with Crippen LogP contribution >= 0.6 is 11.3 Å². The molecule has 4 heterocycles. The van der Waals surface area contributed by atoms with E-state index in [2.05, 4.69) is 25.3 Å². The minimum absolute atomic E-state index is 0.132. The van der Waals surface area contributed by atoms with Crippen molar-refractivity contribution in [3.63, 3.8) is 0 Å². The van der Waals surface area contributed by atoms with Crippen molar-refractivity contribution in [2.75, 3.05) is 6.54 Å². The van der Waals surface area contributed by atoms with Crippen molar-refractivity contribution in [2.24, 2.45) is 0 Å². The number of nitrogens with zero attached hydrogens (tertiary/aromatic N) is 3. The molecule has 0 spiro atoms. The molecule has 6 nitrogen and oxygen atoms in total. The summed E-state index contributed by atoms with van der Waals surface area (Å²) in [5.74, 6) is 0.604. The molecule has 2 N–H and O–H groups in total. The number of hydrogen-bond acceptors (Lipinski definition) is 5. The van der Waals surface area contributed by atoms with Crippen LogP contribution in [0.2, 0.25) is 0 Å². The van der Waals surface area contributed by atoms with E-state index < -0.39 is 0 Å². The number of pyridine rings is 2. The fraction of sp³-hybridized carbons (Fsp3) is 0.158. The van der Waals surface area contributed by atoms with Crippen LogP contribution in [0.3, 0.4) is 0 Å². The summed E-state index contributed by atoms with van der Waals surface area (Å²) in [6.07, 6.45) is 6.97. The van der Waals surface area contributed by atoms with E-state index in [1.54, 1.807) is 29.8 Å². The Morgan fingerprint density at radius 3 is 2.96 bits per heavy atom. The van der Waals surface area contributed by atoms with E-state index in [-0.39, 0.29) is 5.91 Å². The van der Waals surface area contributed by atoms with Gasteiger partial charge in [0.1, 0.15) is 11.3 Å². The summed E-state index contributed by atoms with van der Waals surface area (Å²) in [6, 6.07) is 9.62. The summed E-state index contributed by atoms with van der Waals surface area (Å²) in [5.41, 5.74) is 2.92. The van der Waals surface area contributed by atoms with Gasteiger partial charge < -0.3 is 10.3 Å². The lowest BCUT2D eigenvalue weighted by Crippen LogP contribution is -2.25. The highest BCUT2D eigenvalue weighted by molar-refractivity contribution is 7.13. The van der Waals surface area contributed by atoms with Gasteiger partial charge in [-0.25, -0.2) is 9.97 Å². The van der Waals surface area contributed by atoms with Crippen LogP contribution in [0.4, 0.5) is 0 Å². The molecule has 0 aliphatic carbocycles. The van der Waals surface area contributed by atoms with Crippen molar-refractivity contribution in [3.05, 3.63) is 65.4 Å². The van der Waals surface area contributed by atoms with Gasteiger partial charge in [-0.1, -0.05) is 12.1 Å². The van der Waals surface area contributed by atoms with E-state index in [1.807, 2.05) is 35.8 Å². The Hall–Kier alpha value is -3.06. The van der Waals surface area contributed by atoms with Gasteiger partial charge in [-0.05, 0) is 42.0 Å². The summed E-state index contributed by atoms with van der Waals surface area (Å²) >= 11 is 1.59. The molecule has 0 aromatic carbocycles. The van der Waals surface area contributed by atoms with E-state index in [1.165, 1.54) is 5.56 Å². The standard InChI is InChI=1S/C19H17N5OS/c25-19(22-9-2-5-13-4-1-8-20-12-13)14-7-10-21-18-16(14)23-17(24-18)15-6-3-11-26-15/h1,3-4,6-8,10-12H,2,5,9H2,(H,22,25)(H,21,23,24). The molecule has 0 saturated carbocycles. The van der Waals surface area contributed by atoms with Crippen molar-refractivity contribution >= 4 is 28.4 Å². The molecular formula is C19H17N5OS. The van der Waals surface area contributed by atoms with Gasteiger partial charge in [0, 0.05) is 25.1 Å². The molecule has 0 bridgehead atoms. The Kier molecular flexibility index (Phi) is 4.70. The second-order valence-corrected chi connectivity index (χ2v) is 6.79. The fourth-order valence-electron chi connectivity index (χ4n) is 2.76. The number of rotatable bonds is 6. The SMILES string of the molecule is O=C(NCCCc1cccnc1)c1ccnc2[nH]c(-c3cccs3)nc12. The molecule has 1 amide bonds. The molecule has 7 heteroatoms. The Morgan fingerprint density at radius 2 is 2.15 bits per heavy atom. The highest BCUT2D eigenvalue weighted by atomic mass is 32.1. The number of aryl methyl sites for hydroxylation is 1. The first kappa shape index (κ1) is 16.4. The topological polar surface area (TPSA) is 83.6 Å². The molecule has 0 atom stereocenters. The zero-order chi connectivity index (χ0) is 17.8. The number of thiophene rings is 1. The third-order valence-electron chi connectivity index (χ3n) is 4.03. The maximum Gasteiger partial charge on any atom is 0.253 e. The van der Waals surface area contributed by atoms with Gasteiger partial charge in [-0.2, -0.15) is 0 Å². The summed E-state index contributed by atoms with van der Waals surface area (Å²) in [4.78, 5) is 29.7. The molecule has 0 aliphatic heterocycles. The van der Waals surface area contributed by atoms with Crippen LogP contribution in [0, 0.1) is 0 Å². The number of hydrogen-bond donors (Lipinski definition) is 2. The summed E-state index contributed by atoms with van der Waals surface area (Å²) < 4.78 is 0. The number of imidazole rings is 1. The number of aromatic amines is 1. The maximum absolute atomic E-state index is 12.6. The van der Waals surface area contributed by atoms with Crippen molar-refractivity contribution in [3.8, 4) is 10.7 Å². The minimum atomic E-state index is -0.132. The molecule has 0 fully saturated rings. The summed E-state index contributed by atoms with van der Waals surface area (Å²) in [5, 5.41) is 4.96. The normalized spacial score (nSPS) is 10.9. The number of nitrogens with one attached hydrogen (secondary N) is 2. The van der Waals surface area contributed by atoms with Gasteiger partial charge in [0.25, 0.3) is 5.91 Å². The van der Waals surface area contributed by atoms with Crippen LogP contribution in [-0.4, -0.2) is 32.4 Å². The monoisotopic (exact) mass is 363 g/mol. The van der Waals surface area contributed by atoms with Gasteiger partial charge in [-0.15, -0.1) is 11.3 Å². The van der Waals surface area contributed by atoms with Gasteiger partial charge in [0.05, 0.1) is 10.4 Å². The lowest BCUT2D eigenvalue weighted by Gasteiger charge is -2.05. The van der Waals surface area contributed by atoms with E-state index >= 15 is 0 Å². The van der Waals surface area contributed by atoms with Crippen molar-refractivity contribution in [2.45, 2.75) is 12.8 Å². The van der Waals surface area contributed by atoms with Crippen LogP contribution in [0.5, 0.6) is 0 Å². The largest absolute Gasteiger partial charge is 0.352 e. The number of H-pyrrole nitrogens is 1. The number of aromatic nitrogens is 4. The second-order valence-electron chi connectivity index (χ2n) is 5.84. The van der Waals surface area contributed by atoms with E-state index in [4.69, 9.17) is 0 Å². The minimum Gasteiger partial charge on any atom is -0.352 e. The van der Waals surface area contributed by atoms with Gasteiger partial charge in [0.15, 0.2) is 5.65 Å². The lowest BCUT2D eigenvalue weighted by atomic mass is 10.1. The van der Waals surface area contributed by atoms with E-state index in [0.29, 0.717) is 23.3 Å². The predicted octanol–water partition coefficient (Wildman–Crippen LogP) is 3.44. The molecule has 4 aromatic rings. The van der Waals surface area contributed by atoms with Crippen molar-refractivity contribution in [1.82, 2.24) is 25.3 Å². The molecule has 26 heavy (non-hydrogen) atoms. The Bertz CT molecular complexity index is 1010. The van der Waals surface area contributed by atoms with Crippen LogP contribution in [-0.2, 0) is 6.42 Å². The summed E-state index contributed by atoms with van der Waals surface area (Å²) in [7, 11) is 0. The molecule has 0 radical (unpaired) electrons. The first-order valence-electron chi connectivity index (χ1n) is 8.37.